The van der Waals surface area contributed by atoms with E-state index in [0.29, 0.717) is 23.6 Å². The molecular weight excluding hydrogens is 374 g/mol. The van der Waals surface area contributed by atoms with Crippen LogP contribution in [0.25, 0.3) is 0 Å². The monoisotopic (exact) mass is 388 g/mol. The van der Waals surface area contributed by atoms with E-state index in [2.05, 4.69) is 4.98 Å². The molecular formula is C16H15ClF2N2O3S. The summed E-state index contributed by atoms with van der Waals surface area (Å²) in [7, 11) is -4.30. The van der Waals surface area contributed by atoms with Crippen LogP contribution in [0.2, 0.25) is 5.02 Å². The molecule has 134 valence electrons. The summed E-state index contributed by atoms with van der Waals surface area (Å²) in [5, 5.41) is 0.308. The first-order valence-corrected chi connectivity index (χ1v) is 9.41. The Labute approximate surface area is 149 Å². The van der Waals surface area contributed by atoms with Crippen LogP contribution in [0.1, 0.15) is 12.8 Å². The van der Waals surface area contributed by atoms with Crippen LogP contribution >= 0.6 is 11.6 Å². The van der Waals surface area contributed by atoms with E-state index in [9.17, 15) is 17.2 Å². The van der Waals surface area contributed by atoms with Crippen LogP contribution in [0.4, 0.5) is 8.78 Å². The van der Waals surface area contributed by atoms with Crippen LogP contribution in [0.15, 0.2) is 41.6 Å². The summed E-state index contributed by atoms with van der Waals surface area (Å²) >= 11 is 5.99. The number of hydrogen-bond acceptors (Lipinski definition) is 4. The van der Waals surface area contributed by atoms with Gasteiger partial charge >= 0.3 is 0 Å². The van der Waals surface area contributed by atoms with Gasteiger partial charge in [-0.15, -0.1) is 0 Å². The summed E-state index contributed by atoms with van der Waals surface area (Å²) in [6.45, 7) is 0.148. The van der Waals surface area contributed by atoms with Gasteiger partial charge in [0, 0.05) is 25.0 Å². The summed E-state index contributed by atoms with van der Waals surface area (Å²) in [4.78, 5) is 2.92. The van der Waals surface area contributed by atoms with Crippen molar-refractivity contribution in [2.45, 2.75) is 23.8 Å². The molecule has 1 unspecified atom stereocenters. The molecule has 2 heterocycles. The highest BCUT2D eigenvalue weighted by molar-refractivity contribution is 7.89. The van der Waals surface area contributed by atoms with Gasteiger partial charge < -0.3 is 4.74 Å². The molecule has 5 nitrogen and oxygen atoms in total. The Morgan fingerprint density at radius 2 is 1.96 bits per heavy atom. The lowest BCUT2D eigenvalue weighted by Crippen LogP contribution is -2.44. The van der Waals surface area contributed by atoms with E-state index in [1.54, 1.807) is 6.07 Å². The van der Waals surface area contributed by atoms with Crippen molar-refractivity contribution in [1.29, 1.82) is 0 Å². The van der Waals surface area contributed by atoms with Gasteiger partial charge in [0.15, 0.2) is 4.90 Å². The molecule has 1 saturated heterocycles. The summed E-state index contributed by atoms with van der Waals surface area (Å²) < 4.78 is 59.9. The molecule has 1 fully saturated rings. The topological polar surface area (TPSA) is 59.5 Å². The van der Waals surface area contributed by atoms with Crippen molar-refractivity contribution in [2.24, 2.45) is 0 Å². The highest BCUT2D eigenvalue weighted by atomic mass is 35.5. The number of ether oxygens (including phenoxy) is 1. The maximum atomic E-state index is 13.9. The summed E-state index contributed by atoms with van der Waals surface area (Å²) in [5.41, 5.74) is 0. The van der Waals surface area contributed by atoms with Gasteiger partial charge in [-0.2, -0.15) is 4.31 Å². The normalized spacial score (nSPS) is 18.9. The third-order valence-corrected chi connectivity index (χ3v) is 6.09. The van der Waals surface area contributed by atoms with Gasteiger partial charge in [0.05, 0.1) is 6.54 Å². The van der Waals surface area contributed by atoms with Crippen LogP contribution in [-0.4, -0.2) is 36.9 Å². The molecule has 0 spiro atoms. The molecule has 2 aromatic rings. The smallest absolute Gasteiger partial charge is 0.249 e. The minimum Gasteiger partial charge on any atom is -0.487 e. The molecule has 1 aromatic carbocycles. The number of piperidine rings is 1. The zero-order chi connectivity index (χ0) is 18.0. The number of hydrogen-bond donors (Lipinski definition) is 0. The lowest BCUT2D eigenvalue weighted by Gasteiger charge is -2.32. The molecule has 3 rings (SSSR count). The van der Waals surface area contributed by atoms with Crippen LogP contribution < -0.4 is 4.74 Å². The quantitative estimate of drug-likeness (QED) is 0.806. The maximum absolute atomic E-state index is 13.9. The molecule has 1 aromatic heterocycles. The number of nitrogens with zero attached hydrogens (tertiary/aromatic N) is 2. The van der Waals surface area contributed by atoms with Crippen molar-refractivity contribution >= 4 is 21.6 Å². The first kappa shape index (κ1) is 18.0. The van der Waals surface area contributed by atoms with Crippen LogP contribution in [0, 0.1) is 11.6 Å². The Bertz CT molecular complexity index is 859. The predicted octanol–water partition coefficient (Wildman–Crippen LogP) is 3.25. The van der Waals surface area contributed by atoms with Gasteiger partial charge in [-0.3, -0.25) is 4.98 Å². The molecule has 9 heteroatoms. The number of aromatic nitrogens is 1. The van der Waals surface area contributed by atoms with Crippen molar-refractivity contribution in [3.63, 3.8) is 0 Å². The zero-order valence-corrected chi connectivity index (χ0v) is 14.6. The average molecular weight is 389 g/mol. The molecule has 0 bridgehead atoms. The second-order valence-corrected chi connectivity index (χ2v) is 7.88. The highest BCUT2D eigenvalue weighted by Crippen LogP contribution is 2.29. The fraction of sp³-hybridized carbons (Fsp3) is 0.312. The highest BCUT2D eigenvalue weighted by Gasteiger charge is 2.35. The largest absolute Gasteiger partial charge is 0.487 e. The number of pyridine rings is 1. The predicted molar refractivity (Wildman–Crippen MR) is 88.0 cm³/mol. The first-order chi connectivity index (χ1) is 11.9. The fourth-order valence-corrected chi connectivity index (χ4v) is 4.50. The number of halogens is 3. The molecule has 1 atom stereocenters. The second kappa shape index (κ2) is 7.23. The molecule has 25 heavy (non-hydrogen) atoms. The Morgan fingerprint density at radius 3 is 2.64 bits per heavy atom. The lowest BCUT2D eigenvalue weighted by molar-refractivity contribution is 0.129. The van der Waals surface area contributed by atoms with Crippen molar-refractivity contribution in [3.8, 4) is 5.75 Å². The molecule has 0 amide bonds. The molecule has 0 saturated carbocycles. The lowest BCUT2D eigenvalue weighted by atomic mass is 10.1. The van der Waals surface area contributed by atoms with E-state index in [-0.39, 0.29) is 13.1 Å². The molecule has 1 aliphatic rings. The first-order valence-electron chi connectivity index (χ1n) is 7.60. The maximum Gasteiger partial charge on any atom is 0.249 e. The number of rotatable bonds is 4. The van der Waals surface area contributed by atoms with E-state index >= 15 is 0 Å². The number of sulfonamides is 1. The van der Waals surface area contributed by atoms with Gasteiger partial charge in [-0.1, -0.05) is 17.7 Å². The fourth-order valence-electron chi connectivity index (χ4n) is 2.72. The Morgan fingerprint density at radius 1 is 1.24 bits per heavy atom. The van der Waals surface area contributed by atoms with Gasteiger partial charge in [0.1, 0.15) is 28.5 Å². The van der Waals surface area contributed by atoms with E-state index < -0.39 is 32.7 Å². The molecule has 0 radical (unpaired) electrons. The molecule has 0 N–H and O–H groups in total. The van der Waals surface area contributed by atoms with E-state index in [4.69, 9.17) is 16.3 Å². The Kier molecular flexibility index (Phi) is 5.21. The minimum absolute atomic E-state index is 0.0191. The van der Waals surface area contributed by atoms with Gasteiger partial charge in [0.2, 0.25) is 10.0 Å². The SMILES string of the molecule is O=S(=O)(c1c(F)cccc1F)N1CCCC(Oc2ccncc2Cl)C1. The van der Waals surface area contributed by atoms with E-state index in [1.165, 1.54) is 12.4 Å². The van der Waals surface area contributed by atoms with Gasteiger partial charge in [-0.05, 0) is 25.0 Å². The number of benzene rings is 1. The van der Waals surface area contributed by atoms with Gasteiger partial charge in [0.25, 0.3) is 0 Å². The summed E-state index contributed by atoms with van der Waals surface area (Å²) in [6.07, 6.45) is 3.56. The van der Waals surface area contributed by atoms with Crippen LogP contribution in [0.3, 0.4) is 0 Å². The molecule has 0 aliphatic carbocycles. The zero-order valence-electron chi connectivity index (χ0n) is 13.0. The van der Waals surface area contributed by atoms with Crippen molar-refractivity contribution in [2.75, 3.05) is 13.1 Å². The summed E-state index contributed by atoms with van der Waals surface area (Å²) in [6, 6.07) is 4.54. The van der Waals surface area contributed by atoms with Crippen LogP contribution in [-0.2, 0) is 10.0 Å². The summed E-state index contributed by atoms with van der Waals surface area (Å²) in [5.74, 6) is -1.83. The van der Waals surface area contributed by atoms with Crippen LogP contribution in [0.5, 0.6) is 5.75 Å². The Balaban J connectivity index is 1.82. The Hall–Kier alpha value is -1.77. The second-order valence-electron chi connectivity index (χ2n) is 5.60. The van der Waals surface area contributed by atoms with Crippen molar-refractivity contribution in [3.05, 3.63) is 53.3 Å². The standard InChI is InChI=1S/C16H15ClF2N2O3S/c17-12-9-20-7-6-15(12)24-11-3-2-8-21(10-11)25(22,23)16-13(18)4-1-5-14(16)19/h1,4-7,9,11H,2-3,8,10H2. The molecule has 1 aliphatic heterocycles. The average Bonchev–Trinajstić information content (AvgIpc) is 2.57. The third-order valence-electron chi connectivity index (χ3n) is 3.89. The van der Waals surface area contributed by atoms with Gasteiger partial charge in [-0.25, -0.2) is 17.2 Å². The minimum atomic E-state index is -4.30. The third kappa shape index (κ3) is 3.75. The van der Waals surface area contributed by atoms with Crippen molar-refractivity contribution < 1.29 is 21.9 Å². The van der Waals surface area contributed by atoms with E-state index in [0.717, 1.165) is 22.5 Å². The van der Waals surface area contributed by atoms with Crippen molar-refractivity contribution in [1.82, 2.24) is 9.29 Å². The van der Waals surface area contributed by atoms with E-state index in [1.807, 2.05) is 0 Å².